The number of carbonyl (C=O) groups is 3. The third-order valence-corrected chi connectivity index (χ3v) is 2.81. The molecule has 0 aromatic heterocycles. The van der Waals surface area contributed by atoms with Crippen LogP contribution in [0, 0.1) is 6.92 Å². The lowest BCUT2D eigenvalue weighted by atomic mass is 10.1. The van der Waals surface area contributed by atoms with Gasteiger partial charge in [-0.15, -0.1) is 0 Å². The summed E-state index contributed by atoms with van der Waals surface area (Å²) in [5.41, 5.74) is 1.92. The molecule has 0 saturated heterocycles. The summed E-state index contributed by atoms with van der Waals surface area (Å²) >= 11 is 0. The van der Waals surface area contributed by atoms with Gasteiger partial charge in [-0.2, -0.15) is 0 Å². The van der Waals surface area contributed by atoms with E-state index in [1.54, 1.807) is 39.0 Å². The Morgan fingerprint density at radius 3 is 2.14 bits per heavy atom. The van der Waals surface area contributed by atoms with Crippen LogP contribution >= 0.6 is 0 Å². The average molecular weight is 292 g/mol. The van der Waals surface area contributed by atoms with Crippen molar-refractivity contribution in [1.82, 2.24) is 0 Å². The molecule has 114 valence electrons. The summed E-state index contributed by atoms with van der Waals surface area (Å²) in [6.45, 7) is 5.46. The van der Waals surface area contributed by atoms with Gasteiger partial charge in [0.1, 0.15) is 6.42 Å². The first-order chi connectivity index (χ1) is 9.97. The Labute approximate surface area is 123 Å². The van der Waals surface area contributed by atoms with Crippen LogP contribution in [0.3, 0.4) is 0 Å². The lowest BCUT2D eigenvalue weighted by molar-refractivity contribution is -0.145. The Kier molecular flexibility index (Phi) is 6.39. The first-order valence-corrected chi connectivity index (χ1v) is 6.82. The molecule has 0 fully saturated rings. The summed E-state index contributed by atoms with van der Waals surface area (Å²) in [5, 5.41) is 5.39. The number of esters is 1. The molecule has 0 unspecified atom stereocenters. The summed E-state index contributed by atoms with van der Waals surface area (Å²) in [4.78, 5) is 34.4. The third-order valence-electron chi connectivity index (χ3n) is 2.81. The summed E-state index contributed by atoms with van der Waals surface area (Å²) in [6.07, 6.45) is 0.0394. The second kappa shape index (κ2) is 8.04. The molecule has 2 amide bonds. The van der Waals surface area contributed by atoms with Crippen molar-refractivity contribution in [2.24, 2.45) is 0 Å². The molecule has 0 aliphatic heterocycles. The van der Waals surface area contributed by atoms with E-state index in [1.165, 1.54) is 0 Å². The van der Waals surface area contributed by atoms with Crippen molar-refractivity contribution in [2.45, 2.75) is 33.6 Å². The number of rotatable bonds is 6. The van der Waals surface area contributed by atoms with Crippen molar-refractivity contribution < 1.29 is 19.1 Å². The highest BCUT2D eigenvalue weighted by molar-refractivity contribution is 6.03. The summed E-state index contributed by atoms with van der Waals surface area (Å²) in [5.74, 6) is -1.12. The van der Waals surface area contributed by atoms with E-state index >= 15 is 0 Å². The smallest absolute Gasteiger partial charge is 0.315 e. The molecule has 0 heterocycles. The van der Waals surface area contributed by atoms with E-state index in [1.807, 2.05) is 0 Å². The minimum atomic E-state index is -0.567. The maximum atomic E-state index is 11.7. The molecule has 21 heavy (non-hydrogen) atoms. The number of benzene rings is 1. The Balaban J connectivity index is 2.75. The van der Waals surface area contributed by atoms with E-state index in [9.17, 15) is 14.4 Å². The van der Waals surface area contributed by atoms with Crippen LogP contribution in [0.15, 0.2) is 18.2 Å². The zero-order valence-corrected chi connectivity index (χ0v) is 12.5. The normalized spacial score (nSPS) is 9.86. The van der Waals surface area contributed by atoms with Crippen LogP contribution in [0.4, 0.5) is 11.4 Å². The van der Waals surface area contributed by atoms with Gasteiger partial charge in [-0.3, -0.25) is 14.4 Å². The van der Waals surface area contributed by atoms with Crippen LogP contribution in [-0.2, 0) is 19.1 Å². The molecule has 6 nitrogen and oxygen atoms in total. The minimum Gasteiger partial charge on any atom is -0.466 e. The molecule has 0 spiro atoms. The van der Waals surface area contributed by atoms with E-state index in [0.29, 0.717) is 17.8 Å². The Morgan fingerprint density at radius 1 is 1.05 bits per heavy atom. The maximum absolute atomic E-state index is 11.7. The predicted molar refractivity (Wildman–Crippen MR) is 80.0 cm³/mol. The van der Waals surface area contributed by atoms with E-state index in [-0.39, 0.29) is 18.9 Å². The highest BCUT2D eigenvalue weighted by Gasteiger charge is 2.13. The van der Waals surface area contributed by atoms with Crippen LogP contribution in [0.25, 0.3) is 0 Å². The summed E-state index contributed by atoms with van der Waals surface area (Å²) in [6, 6.07) is 5.18. The molecule has 0 aliphatic carbocycles. The fraction of sp³-hybridized carbons (Fsp3) is 0.400. The molecule has 2 N–H and O–H groups in total. The highest BCUT2D eigenvalue weighted by atomic mass is 16.5. The molecule has 1 rings (SSSR count). The van der Waals surface area contributed by atoms with Crippen LogP contribution in [-0.4, -0.2) is 24.4 Å². The Morgan fingerprint density at radius 2 is 1.62 bits per heavy atom. The van der Waals surface area contributed by atoms with Gasteiger partial charge in [-0.1, -0.05) is 13.0 Å². The van der Waals surface area contributed by atoms with Crippen molar-refractivity contribution in [3.8, 4) is 0 Å². The van der Waals surface area contributed by atoms with E-state index in [4.69, 9.17) is 4.74 Å². The van der Waals surface area contributed by atoms with Gasteiger partial charge in [0.2, 0.25) is 11.8 Å². The minimum absolute atomic E-state index is 0.104. The van der Waals surface area contributed by atoms with Crippen LogP contribution in [0.5, 0.6) is 0 Å². The second-order valence-corrected chi connectivity index (χ2v) is 4.41. The van der Waals surface area contributed by atoms with E-state index < -0.39 is 11.9 Å². The first kappa shape index (κ1) is 16.7. The molecule has 0 radical (unpaired) electrons. The van der Waals surface area contributed by atoms with Crippen molar-refractivity contribution in [2.75, 3.05) is 17.2 Å². The zero-order chi connectivity index (χ0) is 15.8. The van der Waals surface area contributed by atoms with Gasteiger partial charge >= 0.3 is 5.97 Å². The monoisotopic (exact) mass is 292 g/mol. The molecule has 1 aromatic rings. The first-order valence-electron chi connectivity index (χ1n) is 6.82. The number of nitrogens with one attached hydrogen (secondary N) is 2. The molecule has 1 aromatic carbocycles. The fourth-order valence-electron chi connectivity index (χ4n) is 1.68. The predicted octanol–water partition coefficient (Wildman–Crippen LogP) is 2.24. The quantitative estimate of drug-likeness (QED) is 0.622. The Hall–Kier alpha value is -2.37. The number of hydrogen-bond acceptors (Lipinski definition) is 4. The summed E-state index contributed by atoms with van der Waals surface area (Å²) < 4.78 is 4.71. The number of ether oxygens (including phenoxy) is 1. The second-order valence-electron chi connectivity index (χ2n) is 4.41. The van der Waals surface area contributed by atoms with Gasteiger partial charge in [-0.05, 0) is 31.5 Å². The lowest BCUT2D eigenvalue weighted by Crippen LogP contribution is -2.19. The van der Waals surface area contributed by atoms with Crippen molar-refractivity contribution >= 4 is 29.2 Å². The van der Waals surface area contributed by atoms with Crippen molar-refractivity contribution in [3.05, 3.63) is 23.8 Å². The Bertz CT molecular complexity index is 540. The molecule has 0 aliphatic rings. The molecule has 6 heteroatoms. The number of carbonyl (C=O) groups excluding carboxylic acids is 3. The highest BCUT2D eigenvalue weighted by Crippen LogP contribution is 2.23. The standard InChI is InChI=1S/C15H20N2O4/c1-4-13(18)16-11-7-6-8-12(10(11)3)17-14(19)9-15(20)21-5-2/h6-8H,4-5,9H2,1-3H3,(H,16,18)(H,17,19). The van der Waals surface area contributed by atoms with Crippen molar-refractivity contribution in [1.29, 1.82) is 0 Å². The summed E-state index contributed by atoms with van der Waals surface area (Å²) in [7, 11) is 0. The lowest BCUT2D eigenvalue weighted by Gasteiger charge is -2.13. The molecule has 0 saturated carbocycles. The molecular weight excluding hydrogens is 272 g/mol. The van der Waals surface area contributed by atoms with Crippen molar-refractivity contribution in [3.63, 3.8) is 0 Å². The van der Waals surface area contributed by atoms with Gasteiger partial charge in [0.05, 0.1) is 6.61 Å². The van der Waals surface area contributed by atoms with Crippen LogP contribution < -0.4 is 10.6 Å². The molecule has 0 bridgehead atoms. The topological polar surface area (TPSA) is 84.5 Å². The van der Waals surface area contributed by atoms with E-state index in [0.717, 1.165) is 5.56 Å². The van der Waals surface area contributed by atoms with Gasteiger partial charge in [0.15, 0.2) is 0 Å². The van der Waals surface area contributed by atoms with Gasteiger partial charge in [0, 0.05) is 17.8 Å². The average Bonchev–Trinajstić information content (AvgIpc) is 2.43. The van der Waals surface area contributed by atoms with E-state index in [2.05, 4.69) is 10.6 Å². The molecular formula is C15H20N2O4. The fourth-order valence-corrected chi connectivity index (χ4v) is 1.68. The van der Waals surface area contributed by atoms with Gasteiger partial charge in [0.25, 0.3) is 0 Å². The van der Waals surface area contributed by atoms with Crippen LogP contribution in [0.1, 0.15) is 32.3 Å². The number of amides is 2. The molecule has 0 atom stereocenters. The zero-order valence-electron chi connectivity index (χ0n) is 12.5. The maximum Gasteiger partial charge on any atom is 0.315 e. The number of hydrogen-bond donors (Lipinski definition) is 2. The largest absolute Gasteiger partial charge is 0.466 e. The number of anilines is 2. The third kappa shape index (κ3) is 5.25. The SMILES string of the molecule is CCOC(=O)CC(=O)Nc1cccc(NC(=O)CC)c1C. The van der Waals surface area contributed by atoms with Gasteiger partial charge < -0.3 is 15.4 Å². The van der Waals surface area contributed by atoms with Crippen LogP contribution in [0.2, 0.25) is 0 Å². The van der Waals surface area contributed by atoms with Gasteiger partial charge in [-0.25, -0.2) is 0 Å².